The normalized spacial score (nSPS) is 15.9. The summed E-state index contributed by atoms with van der Waals surface area (Å²) in [6, 6.07) is 0. The first-order chi connectivity index (χ1) is 5.18. The maximum atomic E-state index is 5.62. The summed E-state index contributed by atoms with van der Waals surface area (Å²) in [5.74, 6) is 1.23. The number of hydrogen-bond donors (Lipinski definition) is 1. The zero-order chi connectivity index (χ0) is 8.74. The summed E-state index contributed by atoms with van der Waals surface area (Å²) < 4.78 is 0. The molecule has 1 atom stereocenters. The molecule has 0 fully saturated rings. The van der Waals surface area contributed by atoms with Gasteiger partial charge in [-0.2, -0.15) is 11.8 Å². The first kappa shape index (κ1) is 11.1. The molecule has 0 amide bonds. The molecule has 0 aromatic rings. The zero-order valence-electron chi connectivity index (χ0n) is 7.60. The quantitative estimate of drug-likeness (QED) is 0.492. The summed E-state index contributed by atoms with van der Waals surface area (Å²) in [6.07, 6.45) is 6.51. The van der Waals surface area contributed by atoms with E-state index >= 15 is 0 Å². The molecule has 0 aliphatic heterocycles. The number of rotatable bonds is 6. The lowest BCUT2D eigenvalue weighted by Gasteiger charge is -2.22. The molecule has 0 radical (unpaired) electrons. The number of thioether (sulfide) groups is 1. The highest BCUT2D eigenvalue weighted by atomic mass is 32.2. The van der Waals surface area contributed by atoms with Gasteiger partial charge < -0.3 is 5.73 Å². The van der Waals surface area contributed by atoms with E-state index in [1.54, 1.807) is 0 Å². The average Bonchev–Trinajstić information content (AvgIpc) is 2.05. The molecule has 1 nitrogen and oxygen atoms in total. The van der Waals surface area contributed by atoms with Crippen LogP contribution >= 0.6 is 11.8 Å². The van der Waals surface area contributed by atoms with Crippen molar-refractivity contribution in [2.75, 3.05) is 18.6 Å². The Morgan fingerprint density at radius 3 is 2.64 bits per heavy atom. The molecule has 0 rings (SSSR count). The largest absolute Gasteiger partial charge is 0.330 e. The van der Waals surface area contributed by atoms with Gasteiger partial charge in [0, 0.05) is 6.54 Å². The molecule has 2 heteroatoms. The fraction of sp³-hybridized carbons (Fsp3) is 0.778. The Bertz CT molecular complexity index is 114. The van der Waals surface area contributed by atoms with Gasteiger partial charge in [-0.25, -0.2) is 0 Å². The van der Waals surface area contributed by atoms with Crippen LogP contribution in [0.4, 0.5) is 0 Å². The standard InChI is InChI=1S/C9H19NS/c1-4-9(2,8-10)6-5-7-11-3/h4H,1,5-8,10H2,2-3H3. The molecule has 0 spiro atoms. The Morgan fingerprint density at radius 2 is 2.27 bits per heavy atom. The fourth-order valence-electron chi connectivity index (χ4n) is 0.908. The van der Waals surface area contributed by atoms with Gasteiger partial charge >= 0.3 is 0 Å². The third kappa shape index (κ3) is 4.49. The van der Waals surface area contributed by atoms with Gasteiger partial charge in [0.1, 0.15) is 0 Å². The molecular weight excluding hydrogens is 154 g/mol. The molecule has 0 saturated carbocycles. The highest BCUT2D eigenvalue weighted by Gasteiger charge is 2.16. The summed E-state index contributed by atoms with van der Waals surface area (Å²) in [7, 11) is 0. The van der Waals surface area contributed by atoms with Crippen LogP contribution < -0.4 is 5.73 Å². The Labute approximate surface area is 74.4 Å². The molecule has 0 heterocycles. The predicted molar refractivity (Wildman–Crippen MR) is 55.0 cm³/mol. The van der Waals surface area contributed by atoms with Gasteiger partial charge in [0.15, 0.2) is 0 Å². The minimum absolute atomic E-state index is 0.162. The van der Waals surface area contributed by atoms with Crippen LogP contribution in [0.2, 0.25) is 0 Å². The van der Waals surface area contributed by atoms with Crippen molar-refractivity contribution in [2.24, 2.45) is 11.1 Å². The maximum Gasteiger partial charge on any atom is 0.00114 e. The Hall–Kier alpha value is 0.0500. The molecule has 0 bridgehead atoms. The number of nitrogens with two attached hydrogens (primary N) is 1. The molecular formula is C9H19NS. The van der Waals surface area contributed by atoms with E-state index in [4.69, 9.17) is 5.73 Å². The van der Waals surface area contributed by atoms with Crippen LogP contribution in [0.1, 0.15) is 19.8 Å². The predicted octanol–water partition coefficient (Wildman–Crippen LogP) is 2.28. The summed E-state index contributed by atoms with van der Waals surface area (Å²) in [4.78, 5) is 0. The van der Waals surface area contributed by atoms with Crippen molar-refractivity contribution in [1.29, 1.82) is 0 Å². The van der Waals surface area contributed by atoms with Crippen molar-refractivity contribution in [3.63, 3.8) is 0 Å². The van der Waals surface area contributed by atoms with Crippen molar-refractivity contribution < 1.29 is 0 Å². The van der Waals surface area contributed by atoms with Crippen LogP contribution in [0.5, 0.6) is 0 Å². The van der Waals surface area contributed by atoms with Crippen molar-refractivity contribution in [1.82, 2.24) is 0 Å². The minimum atomic E-state index is 0.162. The van der Waals surface area contributed by atoms with Crippen LogP contribution in [-0.2, 0) is 0 Å². The van der Waals surface area contributed by atoms with E-state index in [9.17, 15) is 0 Å². The molecule has 0 saturated heterocycles. The topological polar surface area (TPSA) is 26.0 Å². The van der Waals surface area contributed by atoms with Crippen LogP contribution in [0.15, 0.2) is 12.7 Å². The van der Waals surface area contributed by atoms with E-state index in [0.717, 1.165) is 6.42 Å². The molecule has 0 aliphatic carbocycles. The Morgan fingerprint density at radius 1 is 1.64 bits per heavy atom. The maximum absolute atomic E-state index is 5.62. The van der Waals surface area contributed by atoms with E-state index in [0.29, 0.717) is 6.54 Å². The first-order valence-corrected chi connectivity index (χ1v) is 5.40. The smallest absolute Gasteiger partial charge is 0.00114 e. The van der Waals surface area contributed by atoms with Crippen LogP contribution in [0.25, 0.3) is 0 Å². The van der Waals surface area contributed by atoms with Crippen LogP contribution in [0, 0.1) is 5.41 Å². The second-order valence-electron chi connectivity index (χ2n) is 3.16. The molecule has 1 unspecified atom stereocenters. The molecule has 66 valence electrons. The van der Waals surface area contributed by atoms with Gasteiger partial charge in [0.05, 0.1) is 0 Å². The lowest BCUT2D eigenvalue weighted by Crippen LogP contribution is -2.24. The fourth-order valence-corrected chi connectivity index (χ4v) is 1.34. The second-order valence-corrected chi connectivity index (χ2v) is 4.14. The SMILES string of the molecule is C=CC(C)(CN)CCCSC. The van der Waals surface area contributed by atoms with Gasteiger partial charge in [-0.1, -0.05) is 13.0 Å². The zero-order valence-corrected chi connectivity index (χ0v) is 8.41. The Balaban J connectivity index is 3.60. The highest BCUT2D eigenvalue weighted by molar-refractivity contribution is 7.98. The summed E-state index contributed by atoms with van der Waals surface area (Å²) >= 11 is 1.89. The summed E-state index contributed by atoms with van der Waals surface area (Å²) in [5.41, 5.74) is 5.78. The third-order valence-corrected chi connectivity index (χ3v) is 2.75. The lowest BCUT2D eigenvalue weighted by molar-refractivity contribution is 0.401. The average molecular weight is 173 g/mol. The first-order valence-electron chi connectivity index (χ1n) is 4.01. The molecule has 0 aromatic heterocycles. The van der Waals surface area contributed by atoms with Gasteiger partial charge in [-0.05, 0) is 30.3 Å². The van der Waals surface area contributed by atoms with Gasteiger partial charge in [-0.15, -0.1) is 6.58 Å². The van der Waals surface area contributed by atoms with Gasteiger partial charge in [-0.3, -0.25) is 0 Å². The molecule has 2 N–H and O–H groups in total. The van der Waals surface area contributed by atoms with Crippen LogP contribution in [-0.4, -0.2) is 18.6 Å². The lowest BCUT2D eigenvalue weighted by atomic mass is 9.86. The van der Waals surface area contributed by atoms with E-state index in [2.05, 4.69) is 19.8 Å². The third-order valence-electron chi connectivity index (χ3n) is 2.06. The van der Waals surface area contributed by atoms with Crippen molar-refractivity contribution in [2.45, 2.75) is 19.8 Å². The van der Waals surface area contributed by atoms with E-state index in [1.807, 2.05) is 17.8 Å². The second kappa shape index (κ2) is 5.67. The number of hydrogen-bond acceptors (Lipinski definition) is 2. The minimum Gasteiger partial charge on any atom is -0.330 e. The molecule has 0 aliphatic rings. The van der Waals surface area contributed by atoms with Gasteiger partial charge in [0.25, 0.3) is 0 Å². The monoisotopic (exact) mass is 173 g/mol. The van der Waals surface area contributed by atoms with E-state index in [1.165, 1.54) is 12.2 Å². The van der Waals surface area contributed by atoms with Crippen molar-refractivity contribution in [3.8, 4) is 0 Å². The van der Waals surface area contributed by atoms with E-state index < -0.39 is 0 Å². The molecule has 0 aromatic carbocycles. The Kier molecular flexibility index (Phi) is 5.69. The summed E-state index contributed by atoms with van der Waals surface area (Å²) in [5, 5.41) is 0. The van der Waals surface area contributed by atoms with E-state index in [-0.39, 0.29) is 5.41 Å². The highest BCUT2D eigenvalue weighted by Crippen LogP contribution is 2.23. The van der Waals surface area contributed by atoms with Crippen LogP contribution in [0.3, 0.4) is 0 Å². The van der Waals surface area contributed by atoms with Crippen molar-refractivity contribution >= 4 is 11.8 Å². The van der Waals surface area contributed by atoms with Crippen molar-refractivity contribution in [3.05, 3.63) is 12.7 Å². The van der Waals surface area contributed by atoms with Gasteiger partial charge in [0.2, 0.25) is 0 Å². The molecule has 11 heavy (non-hydrogen) atoms. The summed E-state index contributed by atoms with van der Waals surface area (Å²) in [6.45, 7) is 6.68.